The molecule has 0 atom stereocenters. The number of nitrogens with one attached hydrogen (secondary N) is 1. The Labute approximate surface area is 105 Å². The highest BCUT2D eigenvalue weighted by molar-refractivity contribution is 7.10. The molecule has 0 amide bonds. The highest BCUT2D eigenvalue weighted by atomic mass is 32.1. The fourth-order valence-corrected chi connectivity index (χ4v) is 2.14. The van der Waals surface area contributed by atoms with Crippen LogP contribution < -0.4 is 5.48 Å². The lowest BCUT2D eigenvalue weighted by atomic mass is 10.2. The second-order valence-electron chi connectivity index (χ2n) is 3.62. The van der Waals surface area contributed by atoms with E-state index < -0.39 is 0 Å². The molecule has 0 saturated heterocycles. The van der Waals surface area contributed by atoms with Gasteiger partial charge in [-0.05, 0) is 12.5 Å². The molecule has 1 heterocycles. The van der Waals surface area contributed by atoms with E-state index in [1.165, 1.54) is 0 Å². The fourth-order valence-electron chi connectivity index (χ4n) is 1.42. The third-order valence-electron chi connectivity index (χ3n) is 2.30. The average Bonchev–Trinajstić information content (AvgIpc) is 2.77. The summed E-state index contributed by atoms with van der Waals surface area (Å²) in [4.78, 5) is 10.6. The second-order valence-corrected chi connectivity index (χ2v) is 4.48. The van der Waals surface area contributed by atoms with Gasteiger partial charge >= 0.3 is 0 Å². The molecule has 0 spiro atoms. The second kappa shape index (κ2) is 5.61. The number of thiazole rings is 1. The Bertz CT molecular complexity index is 493. The van der Waals surface area contributed by atoms with Crippen LogP contribution in [-0.2, 0) is 11.4 Å². The van der Waals surface area contributed by atoms with Crippen molar-refractivity contribution in [3.05, 3.63) is 58.6 Å². The van der Waals surface area contributed by atoms with Crippen molar-refractivity contribution >= 4 is 17.0 Å². The quantitative estimate of drug-likeness (QED) is 0.823. The molecule has 0 fully saturated rings. The number of nitrogens with zero attached hydrogens (tertiary/aromatic N) is 1. The van der Waals surface area contributed by atoms with Crippen molar-refractivity contribution in [2.75, 3.05) is 0 Å². The molecule has 17 heavy (non-hydrogen) atoms. The van der Waals surface area contributed by atoms with Gasteiger partial charge in [0, 0.05) is 0 Å². The van der Waals surface area contributed by atoms with Crippen molar-refractivity contribution in [1.29, 1.82) is 0 Å². The monoisotopic (exact) mass is 246 g/mol. The smallest absolute Gasteiger partial charge is 0.0996 e. The molecule has 2 rings (SSSR count). The van der Waals surface area contributed by atoms with Gasteiger partial charge < -0.3 is 0 Å². The Morgan fingerprint density at radius 3 is 2.82 bits per heavy atom. The molecule has 2 aromatic rings. The maximum atomic E-state index is 5.39. The van der Waals surface area contributed by atoms with Crippen molar-refractivity contribution < 1.29 is 4.84 Å². The van der Waals surface area contributed by atoms with E-state index in [1.807, 2.05) is 37.3 Å². The summed E-state index contributed by atoms with van der Waals surface area (Å²) >= 11 is 1.55. The zero-order valence-corrected chi connectivity index (χ0v) is 10.5. The first-order valence-electron chi connectivity index (χ1n) is 5.28. The molecule has 0 aliphatic rings. The summed E-state index contributed by atoms with van der Waals surface area (Å²) in [6.07, 6.45) is 0. The highest BCUT2D eigenvalue weighted by Gasteiger charge is 2.05. The lowest BCUT2D eigenvalue weighted by molar-refractivity contribution is 0.0649. The largest absolute Gasteiger partial charge is 0.271 e. The van der Waals surface area contributed by atoms with Crippen LogP contribution >= 0.6 is 11.3 Å². The summed E-state index contributed by atoms with van der Waals surface area (Å²) in [5, 5.41) is 0. The van der Waals surface area contributed by atoms with Crippen LogP contribution in [-0.4, -0.2) is 4.98 Å². The molecule has 1 aromatic carbocycles. The lowest BCUT2D eigenvalue weighted by Gasteiger charge is -2.08. The minimum atomic E-state index is 0.512. The zero-order valence-electron chi connectivity index (χ0n) is 9.64. The summed E-state index contributed by atoms with van der Waals surface area (Å²) in [5.74, 6) is 0. The minimum absolute atomic E-state index is 0.512. The van der Waals surface area contributed by atoms with Crippen LogP contribution in [0.5, 0.6) is 0 Å². The Hall–Kier alpha value is -1.65. The van der Waals surface area contributed by atoms with Crippen LogP contribution in [0.15, 0.2) is 42.4 Å². The van der Waals surface area contributed by atoms with E-state index in [0.717, 1.165) is 21.8 Å². The van der Waals surface area contributed by atoms with Gasteiger partial charge in [-0.25, -0.2) is 4.98 Å². The summed E-state index contributed by atoms with van der Waals surface area (Å²) in [6.45, 7) is 6.39. The summed E-state index contributed by atoms with van der Waals surface area (Å²) < 4.78 is 0. The molecule has 0 bridgehead atoms. The minimum Gasteiger partial charge on any atom is -0.271 e. The standard InChI is InChI=1S/C13H14N2OS/c1-10-13(17-9-14-10)11(2)15-16-8-12-6-4-3-5-7-12/h3-7,9,15H,2,8H2,1H3. The molecular weight excluding hydrogens is 232 g/mol. The van der Waals surface area contributed by atoms with Crippen molar-refractivity contribution in [3.8, 4) is 0 Å². The van der Waals surface area contributed by atoms with Crippen molar-refractivity contribution in [2.45, 2.75) is 13.5 Å². The van der Waals surface area contributed by atoms with Crippen LogP contribution in [0.2, 0.25) is 0 Å². The van der Waals surface area contributed by atoms with Crippen molar-refractivity contribution in [3.63, 3.8) is 0 Å². The predicted molar refractivity (Wildman–Crippen MR) is 70.3 cm³/mol. The van der Waals surface area contributed by atoms with Gasteiger partial charge in [0.05, 0.1) is 28.4 Å². The van der Waals surface area contributed by atoms with Gasteiger partial charge in [0.2, 0.25) is 0 Å². The topological polar surface area (TPSA) is 34.1 Å². The van der Waals surface area contributed by atoms with Crippen LogP contribution in [0.25, 0.3) is 5.70 Å². The van der Waals surface area contributed by atoms with E-state index in [2.05, 4.69) is 17.0 Å². The van der Waals surface area contributed by atoms with E-state index in [1.54, 1.807) is 16.8 Å². The summed E-state index contributed by atoms with van der Waals surface area (Å²) in [6, 6.07) is 9.99. The van der Waals surface area contributed by atoms with E-state index in [0.29, 0.717) is 6.61 Å². The van der Waals surface area contributed by atoms with E-state index in [4.69, 9.17) is 4.84 Å². The molecule has 1 N–H and O–H groups in total. The molecule has 3 nitrogen and oxygen atoms in total. The van der Waals surface area contributed by atoms with Crippen LogP contribution in [0, 0.1) is 6.92 Å². The molecule has 0 aliphatic heterocycles. The van der Waals surface area contributed by atoms with Gasteiger partial charge in [0.15, 0.2) is 0 Å². The van der Waals surface area contributed by atoms with Crippen molar-refractivity contribution in [1.82, 2.24) is 10.5 Å². The number of benzene rings is 1. The predicted octanol–water partition coefficient (Wildman–Crippen LogP) is 3.14. The van der Waals surface area contributed by atoms with Crippen molar-refractivity contribution in [2.24, 2.45) is 0 Å². The number of hydrogen-bond donors (Lipinski definition) is 1. The Balaban J connectivity index is 1.84. The van der Waals surface area contributed by atoms with E-state index in [9.17, 15) is 0 Å². The fraction of sp³-hybridized carbons (Fsp3) is 0.154. The van der Waals surface area contributed by atoms with Crippen LogP contribution in [0.4, 0.5) is 0 Å². The molecule has 88 valence electrons. The zero-order chi connectivity index (χ0) is 12.1. The van der Waals surface area contributed by atoms with Gasteiger partial charge in [-0.15, -0.1) is 11.3 Å². The van der Waals surface area contributed by atoms with Gasteiger partial charge in [-0.3, -0.25) is 10.3 Å². The van der Waals surface area contributed by atoms with Gasteiger partial charge in [-0.1, -0.05) is 36.9 Å². The Kier molecular flexibility index (Phi) is 3.90. The molecular formula is C13H14N2OS. The third kappa shape index (κ3) is 3.15. The maximum absolute atomic E-state index is 5.39. The summed E-state index contributed by atoms with van der Waals surface area (Å²) in [7, 11) is 0. The molecule has 1 aromatic heterocycles. The van der Waals surface area contributed by atoms with Crippen LogP contribution in [0.1, 0.15) is 16.1 Å². The first-order chi connectivity index (χ1) is 8.27. The highest BCUT2D eigenvalue weighted by Crippen LogP contribution is 2.19. The average molecular weight is 246 g/mol. The number of hydrogen-bond acceptors (Lipinski definition) is 4. The van der Waals surface area contributed by atoms with Crippen LogP contribution in [0.3, 0.4) is 0 Å². The van der Waals surface area contributed by atoms with Gasteiger partial charge in [0.1, 0.15) is 0 Å². The van der Waals surface area contributed by atoms with E-state index in [-0.39, 0.29) is 0 Å². The molecule has 0 saturated carbocycles. The summed E-state index contributed by atoms with van der Waals surface area (Å²) in [5.41, 5.74) is 7.49. The first kappa shape index (κ1) is 11.8. The number of aryl methyl sites for hydroxylation is 1. The van der Waals surface area contributed by atoms with Gasteiger partial charge in [0.25, 0.3) is 0 Å². The molecule has 0 radical (unpaired) electrons. The molecule has 0 unspecified atom stereocenters. The Morgan fingerprint density at radius 1 is 1.41 bits per heavy atom. The van der Waals surface area contributed by atoms with Gasteiger partial charge in [-0.2, -0.15) is 0 Å². The maximum Gasteiger partial charge on any atom is 0.0996 e. The third-order valence-corrected chi connectivity index (χ3v) is 3.28. The number of aromatic nitrogens is 1. The normalized spacial score (nSPS) is 10.2. The SMILES string of the molecule is C=C(NOCc1ccccc1)c1scnc1C. The number of rotatable bonds is 5. The Morgan fingerprint density at radius 2 is 2.18 bits per heavy atom. The lowest BCUT2D eigenvalue weighted by Crippen LogP contribution is -2.12. The molecule has 4 heteroatoms. The van der Waals surface area contributed by atoms with E-state index >= 15 is 0 Å². The number of hydroxylamine groups is 1. The first-order valence-corrected chi connectivity index (χ1v) is 6.16. The molecule has 0 aliphatic carbocycles.